The molecular weight excluding hydrogens is 386 g/mol. The van der Waals surface area contributed by atoms with Crippen molar-refractivity contribution in [3.05, 3.63) is 51.8 Å². The van der Waals surface area contributed by atoms with E-state index in [1.54, 1.807) is 20.3 Å². The molecule has 0 aliphatic heterocycles. The molecule has 0 saturated carbocycles. The molecule has 0 aliphatic carbocycles. The Kier molecular flexibility index (Phi) is 5.05. The highest BCUT2D eigenvalue weighted by Crippen LogP contribution is 2.35. The second kappa shape index (κ2) is 7.82. The van der Waals surface area contributed by atoms with E-state index in [9.17, 15) is 4.79 Å². The van der Waals surface area contributed by atoms with Gasteiger partial charge < -0.3 is 19.4 Å². The Balaban J connectivity index is 1.69. The zero-order valence-electron chi connectivity index (χ0n) is 17.1. The van der Waals surface area contributed by atoms with Crippen LogP contribution in [0.15, 0.2) is 35.1 Å². The van der Waals surface area contributed by atoms with Crippen LogP contribution in [0.2, 0.25) is 0 Å². The summed E-state index contributed by atoms with van der Waals surface area (Å²) < 4.78 is 10.8. The lowest BCUT2D eigenvalue weighted by molar-refractivity contribution is 0.354. The number of rotatable bonds is 6. The number of hydrogen-bond donors (Lipinski definition) is 2. The van der Waals surface area contributed by atoms with E-state index in [4.69, 9.17) is 9.47 Å². The summed E-state index contributed by atoms with van der Waals surface area (Å²) in [5.74, 6) is 2.11. The summed E-state index contributed by atoms with van der Waals surface area (Å²) >= 11 is 0. The summed E-state index contributed by atoms with van der Waals surface area (Å²) in [4.78, 5) is 22.1. The minimum Gasteiger partial charge on any atom is -0.493 e. The Morgan fingerprint density at radius 1 is 1.17 bits per heavy atom. The zero-order valence-corrected chi connectivity index (χ0v) is 17.1. The van der Waals surface area contributed by atoms with E-state index in [0.717, 1.165) is 11.1 Å². The van der Waals surface area contributed by atoms with Crippen LogP contribution in [0.1, 0.15) is 11.1 Å². The Bertz CT molecular complexity index is 1250. The minimum atomic E-state index is -0.328. The lowest BCUT2D eigenvalue weighted by Crippen LogP contribution is -2.23. The molecule has 0 fully saturated rings. The van der Waals surface area contributed by atoms with Crippen molar-refractivity contribution in [2.24, 2.45) is 0 Å². The molecule has 2 aromatic heterocycles. The number of H-pyrrole nitrogens is 2. The summed E-state index contributed by atoms with van der Waals surface area (Å²) in [6.45, 7) is 2.34. The van der Waals surface area contributed by atoms with Gasteiger partial charge in [0.05, 0.1) is 25.1 Å². The smallest absolute Gasteiger partial charge is 0.282 e. The third-order valence-corrected chi connectivity index (χ3v) is 4.90. The van der Waals surface area contributed by atoms with Crippen LogP contribution < -0.4 is 19.9 Å². The fraction of sp³-hybridized carbons (Fsp3) is 0.250. The number of hydrogen-bond acceptors (Lipinski definition) is 8. The molecule has 2 N–H and O–H groups in total. The lowest BCUT2D eigenvalue weighted by atomic mass is 10.1. The Hall–Kier alpha value is -3.95. The van der Waals surface area contributed by atoms with Gasteiger partial charge in [0.2, 0.25) is 5.95 Å². The first-order chi connectivity index (χ1) is 14.5. The number of aryl methyl sites for hydroxylation is 1. The number of tetrazole rings is 1. The van der Waals surface area contributed by atoms with Crippen molar-refractivity contribution >= 4 is 16.9 Å². The molecule has 10 nitrogen and oxygen atoms in total. The average molecular weight is 407 g/mol. The topological polar surface area (TPSA) is 122 Å². The van der Waals surface area contributed by atoms with Crippen LogP contribution in [0, 0.1) is 6.92 Å². The number of aromatic nitrogens is 6. The van der Waals surface area contributed by atoms with E-state index in [1.165, 1.54) is 0 Å². The number of benzene rings is 2. The molecule has 0 bridgehead atoms. The number of nitrogens with zero attached hydrogens (tertiary/aromatic N) is 5. The molecule has 2 heterocycles. The van der Waals surface area contributed by atoms with Crippen molar-refractivity contribution in [3.63, 3.8) is 0 Å². The Labute approximate surface area is 171 Å². The maximum absolute atomic E-state index is 12.8. The van der Waals surface area contributed by atoms with Crippen molar-refractivity contribution in [2.45, 2.75) is 13.5 Å². The standard InChI is InChI=1S/C20H21N7O3/c1-11-16-14(9-15(29-3)17(11)30-4)21-20(22-19(16)28)27(2)10-12-6-5-7-13(8-12)18-23-25-26-24-18/h5-9H,10H2,1-4H3,(H,21,22,28)(H,23,24,25,26). The Morgan fingerprint density at radius 2 is 2.00 bits per heavy atom. The molecule has 154 valence electrons. The number of ether oxygens (including phenoxy) is 2. The van der Waals surface area contributed by atoms with Crippen LogP contribution in [0.4, 0.5) is 5.95 Å². The molecule has 4 aromatic rings. The van der Waals surface area contributed by atoms with Crippen molar-refractivity contribution in [1.82, 2.24) is 30.6 Å². The first-order valence-electron chi connectivity index (χ1n) is 9.21. The van der Waals surface area contributed by atoms with Gasteiger partial charge in [0, 0.05) is 30.8 Å². The second-order valence-electron chi connectivity index (χ2n) is 6.83. The largest absolute Gasteiger partial charge is 0.493 e. The predicted octanol–water partition coefficient (Wildman–Crippen LogP) is 2.07. The summed E-state index contributed by atoms with van der Waals surface area (Å²) in [5, 5.41) is 14.4. The van der Waals surface area contributed by atoms with E-state index in [1.807, 2.05) is 43.1 Å². The van der Waals surface area contributed by atoms with Crippen molar-refractivity contribution in [3.8, 4) is 22.9 Å². The SMILES string of the molecule is COc1cc2[nH]c(N(C)Cc3cccc(-c4nnn[nH]4)c3)nc(=O)c2c(C)c1OC. The molecule has 2 aromatic carbocycles. The van der Waals surface area contributed by atoms with Crippen LogP contribution >= 0.6 is 0 Å². The van der Waals surface area contributed by atoms with Gasteiger partial charge in [-0.15, -0.1) is 5.10 Å². The molecular formula is C20H21N7O3. The third kappa shape index (κ3) is 3.43. The van der Waals surface area contributed by atoms with Gasteiger partial charge in [-0.25, -0.2) is 5.10 Å². The molecule has 0 unspecified atom stereocenters. The lowest BCUT2D eigenvalue weighted by Gasteiger charge is -2.19. The van der Waals surface area contributed by atoms with E-state index in [2.05, 4.69) is 30.6 Å². The van der Waals surface area contributed by atoms with Gasteiger partial charge in [0.1, 0.15) is 0 Å². The van der Waals surface area contributed by atoms with Crippen molar-refractivity contribution in [2.75, 3.05) is 26.2 Å². The van der Waals surface area contributed by atoms with Gasteiger partial charge in [0.15, 0.2) is 17.3 Å². The van der Waals surface area contributed by atoms with E-state index in [-0.39, 0.29) is 5.56 Å². The summed E-state index contributed by atoms with van der Waals surface area (Å²) in [5.41, 5.74) is 2.87. The maximum Gasteiger partial charge on any atom is 0.282 e. The van der Waals surface area contributed by atoms with Gasteiger partial charge >= 0.3 is 0 Å². The number of fused-ring (bicyclic) bond motifs is 1. The molecule has 10 heteroatoms. The number of anilines is 1. The fourth-order valence-electron chi connectivity index (χ4n) is 3.48. The van der Waals surface area contributed by atoms with E-state index >= 15 is 0 Å². The summed E-state index contributed by atoms with van der Waals surface area (Å²) in [7, 11) is 4.97. The van der Waals surface area contributed by atoms with Gasteiger partial charge in [0.25, 0.3) is 5.56 Å². The van der Waals surface area contributed by atoms with Crippen LogP contribution in [0.25, 0.3) is 22.3 Å². The molecule has 0 radical (unpaired) electrons. The summed E-state index contributed by atoms with van der Waals surface area (Å²) in [6, 6.07) is 9.57. The molecule has 0 amide bonds. The minimum absolute atomic E-state index is 0.328. The molecule has 4 rings (SSSR count). The number of nitrogens with one attached hydrogen (secondary N) is 2. The summed E-state index contributed by atoms with van der Waals surface area (Å²) in [6.07, 6.45) is 0. The molecule has 0 aliphatic rings. The Morgan fingerprint density at radius 3 is 2.70 bits per heavy atom. The number of methoxy groups -OCH3 is 2. The van der Waals surface area contributed by atoms with E-state index < -0.39 is 0 Å². The highest BCUT2D eigenvalue weighted by molar-refractivity contribution is 5.86. The fourth-order valence-corrected chi connectivity index (χ4v) is 3.48. The van der Waals surface area contributed by atoms with Gasteiger partial charge in [-0.1, -0.05) is 18.2 Å². The van der Waals surface area contributed by atoms with Crippen molar-refractivity contribution in [1.29, 1.82) is 0 Å². The molecule has 30 heavy (non-hydrogen) atoms. The van der Waals surface area contributed by atoms with Crippen LogP contribution in [0.5, 0.6) is 11.5 Å². The van der Waals surface area contributed by atoms with Crippen LogP contribution in [-0.2, 0) is 6.54 Å². The second-order valence-corrected chi connectivity index (χ2v) is 6.83. The van der Waals surface area contributed by atoms with Crippen LogP contribution in [0.3, 0.4) is 0 Å². The first kappa shape index (κ1) is 19.4. The molecule has 0 spiro atoms. The normalized spacial score (nSPS) is 10.9. The molecule has 0 saturated heterocycles. The van der Waals surface area contributed by atoms with Gasteiger partial charge in [-0.3, -0.25) is 4.79 Å². The quantitative estimate of drug-likeness (QED) is 0.498. The third-order valence-electron chi connectivity index (χ3n) is 4.90. The first-order valence-corrected chi connectivity index (χ1v) is 9.21. The molecule has 0 atom stereocenters. The zero-order chi connectivity index (χ0) is 21.3. The van der Waals surface area contributed by atoms with Crippen molar-refractivity contribution < 1.29 is 9.47 Å². The maximum atomic E-state index is 12.8. The van der Waals surface area contributed by atoms with Crippen LogP contribution in [-0.4, -0.2) is 51.9 Å². The average Bonchev–Trinajstić information content (AvgIpc) is 3.28. The van der Waals surface area contributed by atoms with Gasteiger partial charge in [-0.2, -0.15) is 4.98 Å². The highest BCUT2D eigenvalue weighted by atomic mass is 16.5. The predicted molar refractivity (Wildman–Crippen MR) is 112 cm³/mol. The van der Waals surface area contributed by atoms with E-state index in [0.29, 0.717) is 46.3 Å². The van der Waals surface area contributed by atoms with Gasteiger partial charge in [-0.05, 0) is 29.0 Å². The monoisotopic (exact) mass is 407 g/mol. The number of aromatic amines is 2. The highest BCUT2D eigenvalue weighted by Gasteiger charge is 2.17.